The molecule has 0 aliphatic carbocycles. The number of amides is 2. The molecule has 37 heavy (non-hydrogen) atoms. The number of rotatable bonds is 8. The third-order valence-corrected chi connectivity index (χ3v) is 5.62. The van der Waals surface area contributed by atoms with Crippen molar-refractivity contribution >= 4 is 34.6 Å². The van der Waals surface area contributed by atoms with Crippen LogP contribution in [0.3, 0.4) is 0 Å². The molecule has 0 saturated heterocycles. The first kappa shape index (κ1) is 25.1. The molecule has 1 N–H and O–H groups in total. The van der Waals surface area contributed by atoms with Gasteiger partial charge in [0.25, 0.3) is 23.2 Å². The fourth-order valence-electron chi connectivity index (χ4n) is 3.75. The molecule has 1 unspecified atom stereocenters. The van der Waals surface area contributed by atoms with Crippen LogP contribution in [-0.4, -0.2) is 40.9 Å². The number of aryl methyl sites for hydroxylation is 1. The molecule has 2 amide bonds. The number of hydrogen-bond donors (Lipinski definition) is 1. The SMILES string of the molecule is Cc1ccc(OCCN2C(=O)C(C)Oc3ccc(NC(=O)c4cc([N+](=O)[O-])cc([N+](=O)[O-])c4)cc32)cc1. The van der Waals surface area contributed by atoms with Gasteiger partial charge in [-0.25, -0.2) is 0 Å². The van der Waals surface area contributed by atoms with Crippen LogP contribution in [0.5, 0.6) is 11.5 Å². The second-order valence-electron chi connectivity index (χ2n) is 8.30. The van der Waals surface area contributed by atoms with E-state index in [0.29, 0.717) is 17.2 Å². The second-order valence-corrected chi connectivity index (χ2v) is 8.30. The van der Waals surface area contributed by atoms with Crippen molar-refractivity contribution in [2.24, 2.45) is 0 Å². The van der Waals surface area contributed by atoms with E-state index in [1.54, 1.807) is 13.0 Å². The van der Waals surface area contributed by atoms with E-state index in [0.717, 1.165) is 23.8 Å². The molecule has 3 aromatic carbocycles. The Labute approximate surface area is 210 Å². The van der Waals surface area contributed by atoms with Gasteiger partial charge in [-0.15, -0.1) is 0 Å². The van der Waals surface area contributed by atoms with E-state index in [9.17, 15) is 29.8 Å². The Morgan fingerprint density at radius 3 is 2.30 bits per heavy atom. The highest BCUT2D eigenvalue weighted by Crippen LogP contribution is 2.36. The van der Waals surface area contributed by atoms with Crippen LogP contribution in [0.15, 0.2) is 60.7 Å². The Morgan fingerprint density at radius 1 is 1.03 bits per heavy atom. The molecule has 4 rings (SSSR count). The first-order valence-corrected chi connectivity index (χ1v) is 11.2. The predicted octanol–water partition coefficient (Wildman–Crippen LogP) is 4.26. The molecule has 0 aromatic heterocycles. The molecule has 0 fully saturated rings. The molecule has 12 heteroatoms. The average molecular weight is 506 g/mol. The first-order chi connectivity index (χ1) is 17.6. The van der Waals surface area contributed by atoms with Gasteiger partial charge in [-0.1, -0.05) is 17.7 Å². The topological polar surface area (TPSA) is 154 Å². The van der Waals surface area contributed by atoms with E-state index in [1.807, 2.05) is 31.2 Å². The van der Waals surface area contributed by atoms with Crippen molar-refractivity contribution in [2.75, 3.05) is 23.4 Å². The maximum atomic E-state index is 12.9. The van der Waals surface area contributed by atoms with Gasteiger partial charge in [0.1, 0.15) is 18.1 Å². The molecule has 0 saturated carbocycles. The van der Waals surface area contributed by atoms with E-state index in [4.69, 9.17) is 9.47 Å². The van der Waals surface area contributed by atoms with Gasteiger partial charge in [0, 0.05) is 17.8 Å². The summed E-state index contributed by atoms with van der Waals surface area (Å²) in [6, 6.07) is 14.8. The number of carbonyl (C=O) groups is 2. The number of nitrogens with one attached hydrogen (secondary N) is 1. The summed E-state index contributed by atoms with van der Waals surface area (Å²) in [6.45, 7) is 4.01. The summed E-state index contributed by atoms with van der Waals surface area (Å²) < 4.78 is 11.4. The summed E-state index contributed by atoms with van der Waals surface area (Å²) in [4.78, 5) is 47.8. The van der Waals surface area contributed by atoms with Crippen LogP contribution in [0.1, 0.15) is 22.8 Å². The maximum Gasteiger partial charge on any atom is 0.277 e. The van der Waals surface area contributed by atoms with Gasteiger partial charge in [-0.05, 0) is 44.2 Å². The lowest BCUT2D eigenvalue weighted by atomic mass is 10.1. The molecule has 0 spiro atoms. The number of carbonyl (C=O) groups excluding carboxylic acids is 2. The van der Waals surface area contributed by atoms with Gasteiger partial charge < -0.3 is 19.7 Å². The summed E-state index contributed by atoms with van der Waals surface area (Å²) in [5.74, 6) is -0.00622. The summed E-state index contributed by atoms with van der Waals surface area (Å²) >= 11 is 0. The summed E-state index contributed by atoms with van der Waals surface area (Å²) in [6.07, 6.45) is -0.724. The number of nitro groups is 2. The minimum absolute atomic E-state index is 0.203. The number of anilines is 2. The quantitative estimate of drug-likeness (QED) is 0.351. The van der Waals surface area contributed by atoms with Crippen molar-refractivity contribution in [1.29, 1.82) is 0 Å². The molecule has 1 aliphatic rings. The molecule has 1 aliphatic heterocycles. The zero-order chi connectivity index (χ0) is 26.7. The van der Waals surface area contributed by atoms with Gasteiger partial charge >= 0.3 is 0 Å². The number of nitrogens with zero attached hydrogens (tertiary/aromatic N) is 3. The lowest BCUT2D eigenvalue weighted by molar-refractivity contribution is -0.394. The number of benzene rings is 3. The van der Waals surface area contributed by atoms with Crippen LogP contribution in [0.4, 0.5) is 22.7 Å². The lowest BCUT2D eigenvalue weighted by Gasteiger charge is -2.33. The number of hydrogen-bond acceptors (Lipinski definition) is 8. The van der Waals surface area contributed by atoms with Crippen molar-refractivity contribution in [3.05, 3.63) is 92.0 Å². The molecule has 0 radical (unpaired) electrons. The Kier molecular flexibility index (Phi) is 7.00. The molecule has 1 atom stereocenters. The zero-order valence-electron chi connectivity index (χ0n) is 19.9. The monoisotopic (exact) mass is 506 g/mol. The standard InChI is InChI=1S/C25H22N4O8/c1-15-3-6-21(7-4-15)36-10-9-27-22-13-18(5-8-23(22)37-16(2)25(27)31)26-24(30)17-11-19(28(32)33)14-20(12-17)29(34)35/h3-8,11-14,16H,9-10H2,1-2H3,(H,26,30). The third kappa shape index (κ3) is 5.64. The lowest BCUT2D eigenvalue weighted by Crippen LogP contribution is -2.46. The van der Waals surface area contributed by atoms with Crippen LogP contribution in [-0.2, 0) is 4.79 Å². The van der Waals surface area contributed by atoms with Crippen LogP contribution >= 0.6 is 0 Å². The molecule has 0 bridgehead atoms. The van der Waals surface area contributed by atoms with Crippen LogP contribution in [0.2, 0.25) is 0 Å². The maximum absolute atomic E-state index is 12.9. The zero-order valence-corrected chi connectivity index (χ0v) is 19.9. The summed E-state index contributed by atoms with van der Waals surface area (Å²) in [5, 5.41) is 24.9. The van der Waals surface area contributed by atoms with Crippen molar-refractivity contribution < 1.29 is 28.9 Å². The van der Waals surface area contributed by atoms with Gasteiger partial charge in [-0.2, -0.15) is 0 Å². The van der Waals surface area contributed by atoms with E-state index in [-0.39, 0.29) is 30.3 Å². The fraction of sp³-hybridized carbons (Fsp3) is 0.200. The van der Waals surface area contributed by atoms with Crippen molar-refractivity contribution in [1.82, 2.24) is 0 Å². The minimum Gasteiger partial charge on any atom is -0.492 e. The van der Waals surface area contributed by atoms with E-state index in [1.165, 1.54) is 17.0 Å². The Morgan fingerprint density at radius 2 is 1.68 bits per heavy atom. The van der Waals surface area contributed by atoms with E-state index in [2.05, 4.69) is 5.32 Å². The largest absolute Gasteiger partial charge is 0.492 e. The van der Waals surface area contributed by atoms with Gasteiger partial charge in [0.15, 0.2) is 6.10 Å². The summed E-state index contributed by atoms with van der Waals surface area (Å²) in [7, 11) is 0. The average Bonchev–Trinajstić information content (AvgIpc) is 2.87. The van der Waals surface area contributed by atoms with Crippen molar-refractivity contribution in [3.8, 4) is 11.5 Å². The fourth-order valence-corrected chi connectivity index (χ4v) is 3.75. The molecule has 3 aromatic rings. The summed E-state index contributed by atoms with van der Waals surface area (Å²) in [5.41, 5.74) is 0.317. The molecule has 190 valence electrons. The number of non-ortho nitro benzene ring substituents is 2. The molecular weight excluding hydrogens is 484 g/mol. The number of ether oxygens (including phenoxy) is 2. The normalized spacial score (nSPS) is 14.4. The van der Waals surface area contributed by atoms with Crippen LogP contribution in [0.25, 0.3) is 0 Å². The number of nitro benzene ring substituents is 2. The molecular formula is C25H22N4O8. The number of fused-ring (bicyclic) bond motifs is 1. The molecule has 1 heterocycles. The second kappa shape index (κ2) is 10.3. The first-order valence-electron chi connectivity index (χ1n) is 11.2. The highest BCUT2D eigenvalue weighted by molar-refractivity contribution is 6.06. The van der Waals surface area contributed by atoms with E-state index >= 15 is 0 Å². The smallest absolute Gasteiger partial charge is 0.277 e. The van der Waals surface area contributed by atoms with Gasteiger partial charge in [-0.3, -0.25) is 29.8 Å². The van der Waals surface area contributed by atoms with Crippen molar-refractivity contribution in [3.63, 3.8) is 0 Å². The highest BCUT2D eigenvalue weighted by atomic mass is 16.6. The third-order valence-electron chi connectivity index (χ3n) is 5.62. The van der Waals surface area contributed by atoms with Crippen LogP contribution < -0.4 is 19.7 Å². The van der Waals surface area contributed by atoms with Crippen molar-refractivity contribution in [2.45, 2.75) is 20.0 Å². The Hall–Kier alpha value is -5.00. The molecule has 12 nitrogen and oxygen atoms in total. The van der Waals surface area contributed by atoms with Gasteiger partial charge in [0.2, 0.25) is 0 Å². The van der Waals surface area contributed by atoms with Crippen LogP contribution in [0, 0.1) is 27.2 Å². The van der Waals surface area contributed by atoms with E-state index < -0.39 is 33.2 Å². The Bertz CT molecular complexity index is 1360. The minimum atomic E-state index is -0.816. The Balaban J connectivity index is 1.55. The highest BCUT2D eigenvalue weighted by Gasteiger charge is 2.32. The predicted molar refractivity (Wildman–Crippen MR) is 133 cm³/mol. The van der Waals surface area contributed by atoms with Gasteiger partial charge in [0.05, 0.1) is 33.7 Å².